The van der Waals surface area contributed by atoms with E-state index in [0.717, 1.165) is 27.0 Å². The van der Waals surface area contributed by atoms with Crippen molar-refractivity contribution in [2.24, 2.45) is 5.73 Å². The molecule has 0 radical (unpaired) electrons. The SMILES string of the molecule is N[C@H](NC(=O)[C@@H]1CCCN1S(=O)(=O)c1ccc(Cl)s1)c1nc(-c2ccc(OC(F)(F)F)cc2)cs1. The molecule has 3 N–H and O–H groups in total. The average Bonchev–Trinajstić information content (AvgIpc) is 3.53. The molecule has 2 atom stereocenters. The number of alkyl halides is 3. The summed E-state index contributed by atoms with van der Waals surface area (Å²) in [5.74, 6) is -0.909. The zero-order chi connectivity index (χ0) is 25.4. The standard InChI is InChI=1S/C20H18ClF3N4O4S3/c21-15-7-8-16(34-15)35(30,31)28-9-1-2-14(28)18(29)27-17(25)19-26-13(10-33-19)11-3-5-12(6-4-11)32-20(22,23)24/h3-8,10,14,17H,1-2,9,25H2,(H,27,29)/t14-,17+/m0/s1. The van der Waals surface area contributed by atoms with Gasteiger partial charge in [0.05, 0.1) is 10.0 Å². The highest BCUT2D eigenvalue weighted by Crippen LogP contribution is 2.33. The lowest BCUT2D eigenvalue weighted by molar-refractivity contribution is -0.274. The van der Waals surface area contributed by atoms with E-state index in [1.807, 2.05) is 0 Å². The van der Waals surface area contributed by atoms with E-state index in [4.69, 9.17) is 17.3 Å². The Balaban J connectivity index is 1.43. The second-order valence-corrected chi connectivity index (χ2v) is 12.2. The topological polar surface area (TPSA) is 115 Å². The number of nitrogens with zero attached hydrogens (tertiary/aromatic N) is 2. The van der Waals surface area contributed by atoms with Crippen LogP contribution in [0, 0.1) is 0 Å². The van der Waals surface area contributed by atoms with Crippen LogP contribution in [-0.2, 0) is 14.8 Å². The van der Waals surface area contributed by atoms with Gasteiger partial charge in [-0.2, -0.15) is 4.31 Å². The molecule has 0 saturated carbocycles. The van der Waals surface area contributed by atoms with Gasteiger partial charge >= 0.3 is 6.36 Å². The van der Waals surface area contributed by atoms with Gasteiger partial charge in [-0.15, -0.1) is 35.8 Å². The number of nitrogens with two attached hydrogens (primary N) is 1. The number of sulfonamides is 1. The molecular formula is C20H18ClF3N4O4S3. The van der Waals surface area contributed by atoms with Gasteiger partial charge in [-0.3, -0.25) is 4.79 Å². The number of aromatic nitrogens is 1. The minimum absolute atomic E-state index is 0.0581. The molecule has 3 aromatic rings. The van der Waals surface area contributed by atoms with Gasteiger partial charge < -0.3 is 15.8 Å². The van der Waals surface area contributed by atoms with Gasteiger partial charge in [-0.05, 0) is 49.2 Å². The lowest BCUT2D eigenvalue weighted by Gasteiger charge is -2.23. The summed E-state index contributed by atoms with van der Waals surface area (Å²) < 4.78 is 68.3. The fourth-order valence-corrected chi connectivity index (χ4v) is 7.59. The predicted molar refractivity (Wildman–Crippen MR) is 126 cm³/mol. The van der Waals surface area contributed by atoms with E-state index in [9.17, 15) is 26.4 Å². The van der Waals surface area contributed by atoms with Crippen LogP contribution >= 0.6 is 34.3 Å². The molecule has 8 nitrogen and oxygen atoms in total. The lowest BCUT2D eigenvalue weighted by atomic mass is 10.2. The van der Waals surface area contributed by atoms with E-state index in [1.54, 1.807) is 5.38 Å². The summed E-state index contributed by atoms with van der Waals surface area (Å²) >= 11 is 7.94. The van der Waals surface area contributed by atoms with Crippen molar-refractivity contribution in [2.75, 3.05) is 6.54 Å². The fraction of sp³-hybridized carbons (Fsp3) is 0.300. The first kappa shape index (κ1) is 25.9. The van der Waals surface area contributed by atoms with Crippen molar-refractivity contribution in [3.8, 4) is 17.0 Å². The summed E-state index contributed by atoms with van der Waals surface area (Å²) in [6.45, 7) is 0.195. The van der Waals surface area contributed by atoms with Gasteiger partial charge in [0.15, 0.2) is 0 Å². The fourth-order valence-electron chi connectivity index (χ4n) is 3.54. The van der Waals surface area contributed by atoms with Crippen molar-refractivity contribution in [3.05, 3.63) is 51.1 Å². The Morgan fingerprint density at radius 3 is 2.60 bits per heavy atom. The van der Waals surface area contributed by atoms with Crippen LogP contribution in [0.15, 0.2) is 46.0 Å². The number of nitrogens with one attached hydrogen (secondary N) is 1. The lowest BCUT2D eigenvalue weighted by Crippen LogP contribution is -2.48. The van der Waals surface area contributed by atoms with Crippen molar-refractivity contribution >= 4 is 50.2 Å². The number of benzene rings is 1. The zero-order valence-electron chi connectivity index (χ0n) is 17.7. The second kappa shape index (κ2) is 10.0. The van der Waals surface area contributed by atoms with Gasteiger partial charge in [0.1, 0.15) is 27.2 Å². The molecule has 35 heavy (non-hydrogen) atoms. The monoisotopic (exact) mass is 566 g/mol. The third kappa shape index (κ3) is 5.95. The molecule has 0 unspecified atom stereocenters. The molecule has 0 aliphatic carbocycles. The number of rotatable bonds is 7. The normalized spacial score (nSPS) is 17.9. The third-order valence-electron chi connectivity index (χ3n) is 5.09. The summed E-state index contributed by atoms with van der Waals surface area (Å²) in [6.07, 6.45) is -4.94. The highest BCUT2D eigenvalue weighted by molar-refractivity contribution is 7.91. The maximum Gasteiger partial charge on any atom is 0.573 e. The quantitative estimate of drug-likeness (QED) is 0.411. The number of halogens is 4. The van der Waals surface area contributed by atoms with Gasteiger partial charge in [-0.25, -0.2) is 13.4 Å². The number of hydrogen-bond acceptors (Lipinski definition) is 8. The predicted octanol–water partition coefficient (Wildman–Crippen LogP) is 4.35. The molecule has 0 spiro atoms. The van der Waals surface area contributed by atoms with E-state index in [1.165, 1.54) is 36.4 Å². The molecule has 188 valence electrons. The molecule has 2 aromatic heterocycles. The first-order chi connectivity index (χ1) is 16.4. The molecule has 15 heteroatoms. The molecule has 4 rings (SSSR count). The molecule has 1 fully saturated rings. The van der Waals surface area contributed by atoms with Gasteiger partial charge in [0.25, 0.3) is 10.0 Å². The number of ether oxygens (including phenoxy) is 1. The minimum Gasteiger partial charge on any atom is -0.406 e. The summed E-state index contributed by atoms with van der Waals surface area (Å²) in [7, 11) is -3.89. The average molecular weight is 567 g/mol. The Kier molecular flexibility index (Phi) is 7.41. The molecule has 0 bridgehead atoms. The third-order valence-corrected chi connectivity index (χ3v) is 9.62. The Morgan fingerprint density at radius 1 is 1.26 bits per heavy atom. The Bertz CT molecular complexity index is 1310. The highest BCUT2D eigenvalue weighted by Gasteiger charge is 2.40. The molecule has 1 aromatic carbocycles. The highest BCUT2D eigenvalue weighted by atomic mass is 35.5. The van der Waals surface area contributed by atoms with Crippen LogP contribution in [-0.4, -0.2) is 42.6 Å². The number of thiazole rings is 1. The van der Waals surface area contributed by atoms with Crippen molar-refractivity contribution < 1.29 is 31.1 Å². The summed E-state index contributed by atoms with van der Waals surface area (Å²) in [5, 5.41) is 4.60. The first-order valence-corrected chi connectivity index (χ1v) is 13.6. The van der Waals surface area contributed by atoms with E-state index in [0.29, 0.717) is 33.4 Å². The molecule has 3 heterocycles. The smallest absolute Gasteiger partial charge is 0.406 e. The van der Waals surface area contributed by atoms with Gasteiger partial charge in [0, 0.05) is 17.5 Å². The number of carbonyl (C=O) groups excluding carboxylic acids is 1. The molecule has 1 amide bonds. The largest absolute Gasteiger partial charge is 0.573 e. The van der Waals surface area contributed by atoms with E-state index in [-0.39, 0.29) is 16.5 Å². The first-order valence-electron chi connectivity index (χ1n) is 10.1. The van der Waals surface area contributed by atoms with Crippen LogP contribution in [0.4, 0.5) is 13.2 Å². The van der Waals surface area contributed by atoms with Crippen molar-refractivity contribution in [1.29, 1.82) is 0 Å². The van der Waals surface area contributed by atoms with E-state index < -0.39 is 34.5 Å². The number of carbonyl (C=O) groups is 1. The maximum absolute atomic E-state index is 13.0. The maximum atomic E-state index is 13.0. The van der Waals surface area contributed by atoms with Gasteiger partial charge in [0.2, 0.25) is 5.91 Å². The summed E-state index contributed by atoms with van der Waals surface area (Å²) in [4.78, 5) is 17.3. The Hall–Kier alpha value is -2.23. The van der Waals surface area contributed by atoms with Crippen LogP contribution in [0.5, 0.6) is 5.75 Å². The van der Waals surface area contributed by atoms with E-state index in [2.05, 4.69) is 15.0 Å². The van der Waals surface area contributed by atoms with Crippen LogP contribution in [0.25, 0.3) is 11.3 Å². The molecule has 1 saturated heterocycles. The van der Waals surface area contributed by atoms with Crippen LogP contribution in [0.2, 0.25) is 4.34 Å². The van der Waals surface area contributed by atoms with Crippen LogP contribution in [0.3, 0.4) is 0 Å². The molecule has 1 aliphatic heterocycles. The van der Waals surface area contributed by atoms with Gasteiger partial charge in [-0.1, -0.05) is 11.6 Å². The molecular weight excluding hydrogens is 549 g/mol. The number of thiophene rings is 1. The van der Waals surface area contributed by atoms with Crippen LogP contribution < -0.4 is 15.8 Å². The van der Waals surface area contributed by atoms with E-state index >= 15 is 0 Å². The van der Waals surface area contributed by atoms with Crippen molar-refractivity contribution in [3.63, 3.8) is 0 Å². The minimum atomic E-state index is -4.79. The Morgan fingerprint density at radius 2 is 1.97 bits per heavy atom. The Labute approximate surface area is 211 Å². The summed E-state index contributed by atoms with van der Waals surface area (Å²) in [5.41, 5.74) is 7.09. The zero-order valence-corrected chi connectivity index (χ0v) is 20.9. The summed E-state index contributed by atoms with van der Waals surface area (Å²) in [6, 6.07) is 7.13. The number of amides is 1. The second-order valence-electron chi connectivity index (χ2n) is 7.46. The van der Waals surface area contributed by atoms with Crippen molar-refractivity contribution in [2.45, 2.75) is 35.6 Å². The number of hydrogen-bond donors (Lipinski definition) is 2. The van der Waals surface area contributed by atoms with Crippen molar-refractivity contribution in [1.82, 2.24) is 14.6 Å². The van der Waals surface area contributed by atoms with Crippen LogP contribution in [0.1, 0.15) is 24.0 Å². The molecule has 1 aliphatic rings.